The first-order valence-electron chi connectivity index (χ1n) is 4.66. The molecule has 5 heteroatoms. The van der Waals surface area contributed by atoms with Crippen LogP contribution in [0.2, 0.25) is 0 Å². The van der Waals surface area contributed by atoms with Gasteiger partial charge in [-0.2, -0.15) is 0 Å². The van der Waals surface area contributed by atoms with Gasteiger partial charge in [-0.3, -0.25) is 9.59 Å². The van der Waals surface area contributed by atoms with Crippen molar-refractivity contribution in [3.05, 3.63) is 29.7 Å². The number of aldehydes is 1. The van der Waals surface area contributed by atoms with E-state index in [4.69, 9.17) is 0 Å². The summed E-state index contributed by atoms with van der Waals surface area (Å²) < 4.78 is 13.5. The standard InChI is InChI=1S/C11H9FN2O2/c1-6(16)14-9-3-2-8(12)10-7(5-15)4-13-11(9)10/h2-5,13H,1H3,(H,14,16). The summed E-state index contributed by atoms with van der Waals surface area (Å²) in [5.74, 6) is -0.748. The molecular formula is C11H9FN2O2. The minimum atomic E-state index is -0.493. The van der Waals surface area contributed by atoms with E-state index in [0.29, 0.717) is 17.5 Å². The quantitative estimate of drug-likeness (QED) is 0.761. The van der Waals surface area contributed by atoms with Gasteiger partial charge in [-0.15, -0.1) is 0 Å². The Hall–Kier alpha value is -2.17. The van der Waals surface area contributed by atoms with Crippen LogP contribution in [-0.2, 0) is 4.79 Å². The SMILES string of the molecule is CC(=O)Nc1ccc(F)c2c(C=O)c[nH]c12. The van der Waals surface area contributed by atoms with Gasteiger partial charge in [0.25, 0.3) is 0 Å². The highest BCUT2D eigenvalue weighted by Gasteiger charge is 2.12. The fraction of sp³-hybridized carbons (Fsp3) is 0.0909. The predicted molar refractivity (Wildman–Crippen MR) is 57.9 cm³/mol. The maximum absolute atomic E-state index is 13.5. The fourth-order valence-corrected chi connectivity index (χ4v) is 1.62. The molecule has 0 unspecified atom stereocenters. The van der Waals surface area contributed by atoms with Gasteiger partial charge in [0.05, 0.1) is 11.2 Å². The lowest BCUT2D eigenvalue weighted by atomic mass is 10.1. The van der Waals surface area contributed by atoms with Gasteiger partial charge >= 0.3 is 0 Å². The molecule has 0 aliphatic heterocycles. The molecule has 0 aliphatic carbocycles. The third-order valence-corrected chi connectivity index (χ3v) is 2.25. The van der Waals surface area contributed by atoms with Gasteiger partial charge in [-0.05, 0) is 12.1 Å². The largest absolute Gasteiger partial charge is 0.359 e. The van der Waals surface area contributed by atoms with Gasteiger partial charge in [-0.25, -0.2) is 4.39 Å². The second-order valence-corrected chi connectivity index (χ2v) is 3.39. The number of aromatic nitrogens is 1. The second kappa shape index (κ2) is 3.77. The second-order valence-electron chi connectivity index (χ2n) is 3.39. The molecule has 0 fully saturated rings. The van der Waals surface area contributed by atoms with E-state index >= 15 is 0 Å². The highest BCUT2D eigenvalue weighted by atomic mass is 19.1. The number of nitrogens with one attached hydrogen (secondary N) is 2. The highest BCUT2D eigenvalue weighted by Crippen LogP contribution is 2.27. The van der Waals surface area contributed by atoms with E-state index in [1.807, 2.05) is 0 Å². The molecule has 4 nitrogen and oxygen atoms in total. The molecule has 1 amide bonds. The number of hydrogen-bond donors (Lipinski definition) is 2. The van der Waals surface area contributed by atoms with Gasteiger partial charge in [0.1, 0.15) is 5.82 Å². The molecule has 0 saturated heterocycles. The summed E-state index contributed by atoms with van der Waals surface area (Å²) in [5, 5.41) is 2.76. The molecule has 0 bridgehead atoms. The van der Waals surface area contributed by atoms with Crippen LogP contribution in [0.3, 0.4) is 0 Å². The zero-order chi connectivity index (χ0) is 11.7. The summed E-state index contributed by atoms with van der Waals surface area (Å²) in [6.07, 6.45) is 1.98. The zero-order valence-corrected chi connectivity index (χ0v) is 8.50. The van der Waals surface area contributed by atoms with Gasteiger partial charge < -0.3 is 10.3 Å². The van der Waals surface area contributed by atoms with Gasteiger partial charge in [0.15, 0.2) is 6.29 Å². The Morgan fingerprint density at radius 3 is 2.88 bits per heavy atom. The van der Waals surface area contributed by atoms with E-state index in [1.54, 1.807) is 0 Å². The number of aromatic amines is 1. The summed E-state index contributed by atoms with van der Waals surface area (Å²) >= 11 is 0. The van der Waals surface area contributed by atoms with Crippen molar-refractivity contribution in [2.45, 2.75) is 6.92 Å². The molecule has 0 radical (unpaired) electrons. The fourth-order valence-electron chi connectivity index (χ4n) is 1.62. The number of anilines is 1. The number of carbonyl (C=O) groups is 2. The van der Waals surface area contributed by atoms with E-state index in [9.17, 15) is 14.0 Å². The summed E-state index contributed by atoms with van der Waals surface area (Å²) in [5.41, 5.74) is 1.11. The highest BCUT2D eigenvalue weighted by molar-refractivity contribution is 6.05. The van der Waals surface area contributed by atoms with E-state index in [0.717, 1.165) is 0 Å². The van der Waals surface area contributed by atoms with Crippen LogP contribution in [0.25, 0.3) is 10.9 Å². The molecular weight excluding hydrogens is 211 g/mol. The van der Waals surface area contributed by atoms with Crippen LogP contribution in [0, 0.1) is 5.82 Å². The lowest BCUT2D eigenvalue weighted by Gasteiger charge is -2.04. The molecule has 0 saturated carbocycles. The number of amides is 1. The van der Waals surface area contributed by atoms with Crippen molar-refractivity contribution in [2.75, 3.05) is 5.32 Å². The summed E-state index contributed by atoms with van der Waals surface area (Å²) in [4.78, 5) is 24.4. The Morgan fingerprint density at radius 1 is 1.50 bits per heavy atom. The summed E-state index contributed by atoms with van der Waals surface area (Å²) in [6.45, 7) is 1.36. The Morgan fingerprint density at radius 2 is 2.25 bits per heavy atom. The molecule has 2 rings (SSSR count). The Labute approximate surface area is 90.5 Å². The summed E-state index contributed by atoms with van der Waals surface area (Å²) in [7, 11) is 0. The molecule has 1 heterocycles. The van der Waals surface area contributed by atoms with E-state index in [-0.39, 0.29) is 16.9 Å². The van der Waals surface area contributed by atoms with Crippen LogP contribution in [-0.4, -0.2) is 17.2 Å². The number of H-pyrrole nitrogens is 1. The number of benzene rings is 1. The Bertz CT molecular complexity index is 575. The number of halogens is 1. The minimum absolute atomic E-state index is 0.196. The molecule has 0 atom stereocenters. The van der Waals surface area contributed by atoms with Crippen LogP contribution in [0.5, 0.6) is 0 Å². The van der Waals surface area contributed by atoms with Crippen molar-refractivity contribution in [1.29, 1.82) is 0 Å². The lowest BCUT2D eigenvalue weighted by molar-refractivity contribution is -0.114. The van der Waals surface area contributed by atoms with Gasteiger partial charge in [0.2, 0.25) is 5.91 Å². The molecule has 0 aliphatic rings. The molecule has 82 valence electrons. The summed E-state index contributed by atoms with van der Waals surface area (Å²) in [6, 6.07) is 2.67. The smallest absolute Gasteiger partial charge is 0.221 e. The number of fused-ring (bicyclic) bond motifs is 1. The van der Waals surface area contributed by atoms with Crippen molar-refractivity contribution in [1.82, 2.24) is 4.98 Å². The first-order chi connectivity index (χ1) is 7.63. The van der Waals surface area contributed by atoms with Gasteiger partial charge in [0, 0.05) is 24.1 Å². The molecule has 2 N–H and O–H groups in total. The van der Waals surface area contributed by atoms with E-state index < -0.39 is 5.82 Å². The van der Waals surface area contributed by atoms with E-state index in [1.165, 1.54) is 25.3 Å². The number of hydrogen-bond acceptors (Lipinski definition) is 2. The lowest BCUT2D eigenvalue weighted by Crippen LogP contribution is -2.06. The van der Waals surface area contributed by atoms with Crippen molar-refractivity contribution >= 4 is 28.8 Å². The predicted octanol–water partition coefficient (Wildman–Crippen LogP) is 2.08. The Balaban J connectivity index is 2.70. The average molecular weight is 220 g/mol. The van der Waals surface area contributed by atoms with Crippen molar-refractivity contribution < 1.29 is 14.0 Å². The molecule has 2 aromatic rings. The van der Waals surface area contributed by atoms with Crippen LogP contribution in [0.1, 0.15) is 17.3 Å². The minimum Gasteiger partial charge on any atom is -0.359 e. The normalized spacial score (nSPS) is 10.4. The van der Waals surface area contributed by atoms with E-state index in [2.05, 4.69) is 10.3 Å². The van der Waals surface area contributed by atoms with Crippen molar-refractivity contribution in [3.63, 3.8) is 0 Å². The molecule has 0 spiro atoms. The third-order valence-electron chi connectivity index (χ3n) is 2.25. The monoisotopic (exact) mass is 220 g/mol. The van der Waals surface area contributed by atoms with Crippen LogP contribution in [0.4, 0.5) is 10.1 Å². The Kier molecular flexibility index (Phi) is 2.44. The number of rotatable bonds is 2. The molecule has 1 aromatic heterocycles. The topological polar surface area (TPSA) is 62.0 Å². The number of carbonyl (C=O) groups excluding carboxylic acids is 2. The van der Waals surface area contributed by atoms with Gasteiger partial charge in [-0.1, -0.05) is 0 Å². The van der Waals surface area contributed by atoms with Crippen molar-refractivity contribution in [2.24, 2.45) is 0 Å². The average Bonchev–Trinajstić information content (AvgIpc) is 2.66. The molecule has 16 heavy (non-hydrogen) atoms. The first kappa shape index (κ1) is 10.4. The van der Waals surface area contributed by atoms with Crippen LogP contribution < -0.4 is 5.32 Å². The third kappa shape index (κ3) is 1.56. The first-order valence-corrected chi connectivity index (χ1v) is 4.66. The molecule has 1 aromatic carbocycles. The zero-order valence-electron chi connectivity index (χ0n) is 8.50. The van der Waals surface area contributed by atoms with Crippen molar-refractivity contribution in [3.8, 4) is 0 Å². The van der Waals surface area contributed by atoms with Crippen LogP contribution >= 0.6 is 0 Å². The maximum Gasteiger partial charge on any atom is 0.221 e. The maximum atomic E-state index is 13.5. The van der Waals surface area contributed by atoms with Crippen LogP contribution in [0.15, 0.2) is 18.3 Å².